The summed E-state index contributed by atoms with van der Waals surface area (Å²) in [6.07, 6.45) is 1.92. The molecular formula is C9H15N7O. The quantitative estimate of drug-likeness (QED) is 0.361. The number of aromatic nitrogens is 4. The number of rotatable bonds is 5. The molecule has 0 saturated carbocycles. The van der Waals surface area contributed by atoms with E-state index in [1.54, 1.807) is 13.1 Å². The second-order valence-corrected chi connectivity index (χ2v) is 3.74. The lowest BCUT2D eigenvalue weighted by Gasteiger charge is -2.09. The summed E-state index contributed by atoms with van der Waals surface area (Å²) in [5, 5.41) is 19.7. The van der Waals surface area contributed by atoms with E-state index in [2.05, 4.69) is 30.9 Å². The zero-order valence-corrected chi connectivity index (χ0v) is 9.44. The SMILES string of the molecule is CC(O)CCNc1nc(NN)nc2[nH]ncc12. The average Bonchev–Trinajstić information content (AvgIpc) is 2.76. The molecule has 0 aliphatic carbocycles. The van der Waals surface area contributed by atoms with Crippen molar-refractivity contribution in [2.75, 3.05) is 17.3 Å². The predicted molar refractivity (Wildman–Crippen MR) is 64.3 cm³/mol. The van der Waals surface area contributed by atoms with Crippen molar-refractivity contribution in [2.24, 2.45) is 5.84 Å². The Balaban J connectivity index is 2.21. The number of anilines is 2. The first-order chi connectivity index (χ1) is 8.20. The highest BCUT2D eigenvalue weighted by molar-refractivity contribution is 5.86. The van der Waals surface area contributed by atoms with Gasteiger partial charge in [-0.15, -0.1) is 0 Å². The Morgan fingerprint density at radius 2 is 2.35 bits per heavy atom. The van der Waals surface area contributed by atoms with Crippen LogP contribution in [0, 0.1) is 0 Å². The molecule has 0 aliphatic rings. The summed E-state index contributed by atoms with van der Waals surface area (Å²) >= 11 is 0. The van der Waals surface area contributed by atoms with Gasteiger partial charge in [-0.1, -0.05) is 0 Å². The third-order valence-electron chi connectivity index (χ3n) is 2.29. The van der Waals surface area contributed by atoms with Gasteiger partial charge in [-0.3, -0.25) is 10.5 Å². The average molecular weight is 237 g/mol. The zero-order chi connectivity index (χ0) is 12.3. The Hall–Kier alpha value is -1.93. The molecule has 0 aliphatic heterocycles. The van der Waals surface area contributed by atoms with Crippen molar-refractivity contribution in [3.8, 4) is 0 Å². The van der Waals surface area contributed by atoms with Crippen LogP contribution in [0.15, 0.2) is 6.20 Å². The number of aliphatic hydroxyl groups is 1. The van der Waals surface area contributed by atoms with Crippen LogP contribution >= 0.6 is 0 Å². The van der Waals surface area contributed by atoms with E-state index >= 15 is 0 Å². The van der Waals surface area contributed by atoms with E-state index < -0.39 is 0 Å². The fraction of sp³-hybridized carbons (Fsp3) is 0.444. The number of hydrogen-bond acceptors (Lipinski definition) is 7. The van der Waals surface area contributed by atoms with E-state index in [0.717, 1.165) is 5.39 Å². The van der Waals surface area contributed by atoms with Crippen LogP contribution in [0.5, 0.6) is 0 Å². The Labute approximate surface area is 97.6 Å². The van der Waals surface area contributed by atoms with Crippen molar-refractivity contribution in [3.05, 3.63) is 6.20 Å². The third-order valence-corrected chi connectivity index (χ3v) is 2.29. The van der Waals surface area contributed by atoms with E-state index in [-0.39, 0.29) is 6.10 Å². The molecule has 6 N–H and O–H groups in total. The summed E-state index contributed by atoms with van der Waals surface area (Å²) in [6, 6.07) is 0. The van der Waals surface area contributed by atoms with Crippen LogP contribution in [0.3, 0.4) is 0 Å². The summed E-state index contributed by atoms with van der Waals surface area (Å²) in [5.41, 5.74) is 2.99. The normalized spacial score (nSPS) is 12.6. The standard InChI is InChI=1S/C9H15N7O/c1-5(17)2-3-11-7-6-4-12-16-8(6)14-9(13-7)15-10/h4-5,17H,2-3,10H2,1H3,(H3,11,12,13,14,15,16). The lowest BCUT2D eigenvalue weighted by molar-refractivity contribution is 0.188. The Kier molecular flexibility index (Phi) is 3.35. The number of nitrogens with one attached hydrogen (secondary N) is 3. The second kappa shape index (κ2) is 4.93. The van der Waals surface area contributed by atoms with Gasteiger partial charge in [0.2, 0.25) is 5.95 Å². The smallest absolute Gasteiger partial charge is 0.241 e. The second-order valence-electron chi connectivity index (χ2n) is 3.74. The number of fused-ring (bicyclic) bond motifs is 1. The number of nitrogens with zero attached hydrogens (tertiary/aromatic N) is 3. The molecule has 2 heterocycles. The van der Waals surface area contributed by atoms with Crippen LogP contribution in [0.2, 0.25) is 0 Å². The molecule has 0 saturated heterocycles. The number of aliphatic hydroxyl groups excluding tert-OH is 1. The summed E-state index contributed by atoms with van der Waals surface area (Å²) in [6.45, 7) is 2.35. The first-order valence-corrected chi connectivity index (χ1v) is 5.30. The molecule has 2 aromatic rings. The maximum atomic E-state index is 9.18. The van der Waals surface area contributed by atoms with Crippen LogP contribution < -0.4 is 16.6 Å². The molecule has 0 aromatic carbocycles. The lowest BCUT2D eigenvalue weighted by atomic mass is 10.3. The van der Waals surface area contributed by atoms with Gasteiger partial charge in [0.25, 0.3) is 0 Å². The zero-order valence-electron chi connectivity index (χ0n) is 9.44. The van der Waals surface area contributed by atoms with Gasteiger partial charge in [0, 0.05) is 6.54 Å². The van der Waals surface area contributed by atoms with Crippen LogP contribution in [-0.2, 0) is 0 Å². The minimum Gasteiger partial charge on any atom is -0.393 e. The molecular weight excluding hydrogens is 222 g/mol. The van der Waals surface area contributed by atoms with Crippen molar-refractivity contribution >= 4 is 22.8 Å². The Morgan fingerprint density at radius 3 is 3.06 bits per heavy atom. The monoisotopic (exact) mass is 237 g/mol. The van der Waals surface area contributed by atoms with Gasteiger partial charge in [0.1, 0.15) is 5.82 Å². The fourth-order valence-corrected chi connectivity index (χ4v) is 1.43. The van der Waals surface area contributed by atoms with Crippen molar-refractivity contribution in [1.82, 2.24) is 20.2 Å². The van der Waals surface area contributed by atoms with Crippen molar-refractivity contribution in [1.29, 1.82) is 0 Å². The molecule has 0 fully saturated rings. The molecule has 8 heteroatoms. The summed E-state index contributed by atoms with van der Waals surface area (Å²) in [7, 11) is 0. The summed E-state index contributed by atoms with van der Waals surface area (Å²) < 4.78 is 0. The number of H-pyrrole nitrogens is 1. The number of nitrogens with two attached hydrogens (primary N) is 1. The van der Waals surface area contributed by atoms with Crippen LogP contribution in [0.25, 0.3) is 11.0 Å². The number of aromatic amines is 1. The van der Waals surface area contributed by atoms with Crippen molar-refractivity contribution in [3.63, 3.8) is 0 Å². The molecule has 2 aromatic heterocycles. The summed E-state index contributed by atoms with van der Waals surface area (Å²) in [5.74, 6) is 6.22. The topological polar surface area (TPSA) is 125 Å². The minimum absolute atomic E-state index is 0.307. The largest absolute Gasteiger partial charge is 0.393 e. The van der Waals surface area contributed by atoms with E-state index in [1.807, 2.05) is 0 Å². The van der Waals surface area contributed by atoms with Gasteiger partial charge in [0.05, 0.1) is 17.7 Å². The molecule has 0 spiro atoms. The van der Waals surface area contributed by atoms with E-state index in [4.69, 9.17) is 5.84 Å². The van der Waals surface area contributed by atoms with Gasteiger partial charge in [-0.25, -0.2) is 5.84 Å². The maximum absolute atomic E-state index is 9.18. The maximum Gasteiger partial charge on any atom is 0.241 e. The number of hydrogen-bond donors (Lipinski definition) is 5. The minimum atomic E-state index is -0.351. The predicted octanol–water partition coefficient (Wildman–Crippen LogP) is -0.179. The van der Waals surface area contributed by atoms with Gasteiger partial charge >= 0.3 is 0 Å². The highest BCUT2D eigenvalue weighted by atomic mass is 16.3. The Bertz CT molecular complexity index is 495. The van der Waals surface area contributed by atoms with Gasteiger partial charge in [-0.2, -0.15) is 15.1 Å². The first-order valence-electron chi connectivity index (χ1n) is 5.30. The highest BCUT2D eigenvalue weighted by Crippen LogP contribution is 2.19. The van der Waals surface area contributed by atoms with E-state index in [9.17, 15) is 5.11 Å². The number of hydrazine groups is 1. The molecule has 8 nitrogen and oxygen atoms in total. The van der Waals surface area contributed by atoms with Gasteiger partial charge < -0.3 is 10.4 Å². The van der Waals surface area contributed by atoms with Crippen LogP contribution in [0.1, 0.15) is 13.3 Å². The molecule has 1 atom stereocenters. The van der Waals surface area contributed by atoms with E-state index in [0.29, 0.717) is 30.4 Å². The first kappa shape index (κ1) is 11.6. The number of nitrogen functional groups attached to an aromatic ring is 1. The Morgan fingerprint density at radius 1 is 1.53 bits per heavy atom. The van der Waals surface area contributed by atoms with Crippen molar-refractivity contribution in [2.45, 2.75) is 19.4 Å². The van der Waals surface area contributed by atoms with Gasteiger partial charge in [0.15, 0.2) is 5.65 Å². The van der Waals surface area contributed by atoms with Gasteiger partial charge in [-0.05, 0) is 13.3 Å². The summed E-state index contributed by atoms with van der Waals surface area (Å²) in [4.78, 5) is 8.29. The van der Waals surface area contributed by atoms with Crippen molar-refractivity contribution < 1.29 is 5.11 Å². The van der Waals surface area contributed by atoms with Crippen LogP contribution in [-0.4, -0.2) is 37.9 Å². The lowest BCUT2D eigenvalue weighted by Crippen LogP contribution is -2.14. The molecule has 1 unspecified atom stereocenters. The fourth-order valence-electron chi connectivity index (χ4n) is 1.43. The third kappa shape index (κ3) is 2.60. The van der Waals surface area contributed by atoms with Crippen LogP contribution in [0.4, 0.5) is 11.8 Å². The molecule has 92 valence electrons. The van der Waals surface area contributed by atoms with E-state index in [1.165, 1.54) is 0 Å². The molecule has 17 heavy (non-hydrogen) atoms. The molecule has 0 amide bonds. The molecule has 0 bridgehead atoms. The highest BCUT2D eigenvalue weighted by Gasteiger charge is 2.08. The molecule has 0 radical (unpaired) electrons. The molecule has 2 rings (SSSR count).